The Balaban J connectivity index is 1.37. The van der Waals surface area contributed by atoms with Gasteiger partial charge in [0, 0.05) is 12.6 Å². The topological polar surface area (TPSA) is 62.2 Å². The number of fused-ring (bicyclic) bond motifs is 1. The predicted octanol–water partition coefficient (Wildman–Crippen LogP) is 6.35. The predicted molar refractivity (Wildman–Crippen MR) is 140 cm³/mol. The fourth-order valence-corrected chi connectivity index (χ4v) is 6.49. The third-order valence-corrected chi connectivity index (χ3v) is 9.04. The molecule has 6 heteroatoms. The van der Waals surface area contributed by atoms with Crippen molar-refractivity contribution in [2.45, 2.75) is 49.0 Å². The van der Waals surface area contributed by atoms with Gasteiger partial charge in [0.1, 0.15) is 35.2 Å². The molecule has 2 N–H and O–H groups in total. The molecule has 0 bridgehead atoms. The molecule has 1 saturated heterocycles. The van der Waals surface area contributed by atoms with Crippen LogP contribution in [-0.4, -0.2) is 40.9 Å². The summed E-state index contributed by atoms with van der Waals surface area (Å²) in [5.41, 5.74) is 1.29. The quantitative estimate of drug-likeness (QED) is 0.419. The van der Waals surface area contributed by atoms with Crippen LogP contribution < -0.4 is 9.47 Å². The van der Waals surface area contributed by atoms with Gasteiger partial charge in [-0.05, 0) is 86.3 Å². The molecular formula is C29H33NO4S. The second-order valence-corrected chi connectivity index (χ2v) is 11.0. The van der Waals surface area contributed by atoms with Crippen LogP contribution in [0.4, 0.5) is 0 Å². The average molecular weight is 492 g/mol. The molecule has 0 spiro atoms. The summed E-state index contributed by atoms with van der Waals surface area (Å²) in [6, 6.07) is 21.3. The fraction of sp³-hybridized carbons (Fsp3) is 0.379. The van der Waals surface area contributed by atoms with E-state index >= 15 is 0 Å². The lowest BCUT2D eigenvalue weighted by atomic mass is 9.87. The number of benzene rings is 3. The van der Waals surface area contributed by atoms with Crippen molar-refractivity contribution < 1.29 is 19.7 Å². The molecule has 4 atom stereocenters. The van der Waals surface area contributed by atoms with Gasteiger partial charge in [-0.3, -0.25) is 4.90 Å². The maximum absolute atomic E-state index is 10.1. The lowest BCUT2D eigenvalue weighted by Crippen LogP contribution is -2.37. The summed E-state index contributed by atoms with van der Waals surface area (Å²) in [7, 11) is 0. The van der Waals surface area contributed by atoms with Gasteiger partial charge in [0.25, 0.3) is 0 Å². The fourth-order valence-electron chi connectivity index (χ4n) is 5.13. The number of phenols is 2. The summed E-state index contributed by atoms with van der Waals surface area (Å²) in [6.07, 6.45) is 1.26. The monoisotopic (exact) mass is 491 g/mol. The summed E-state index contributed by atoms with van der Waals surface area (Å²) < 4.78 is 12.7. The summed E-state index contributed by atoms with van der Waals surface area (Å²) in [6.45, 7) is 9.46. The first-order valence-electron chi connectivity index (χ1n) is 12.3. The Morgan fingerprint density at radius 3 is 2.51 bits per heavy atom. The first-order valence-corrected chi connectivity index (χ1v) is 13.2. The third kappa shape index (κ3) is 4.82. The van der Waals surface area contributed by atoms with Gasteiger partial charge in [-0.25, -0.2) is 0 Å². The molecular weight excluding hydrogens is 458 g/mol. The molecule has 0 aromatic heterocycles. The Bertz CT molecular complexity index is 1180. The van der Waals surface area contributed by atoms with Crippen molar-refractivity contribution in [2.75, 3.05) is 19.7 Å². The molecule has 0 amide bonds. The summed E-state index contributed by atoms with van der Waals surface area (Å²) in [5, 5.41) is 20.0. The van der Waals surface area contributed by atoms with Crippen molar-refractivity contribution in [3.05, 3.63) is 77.9 Å². The van der Waals surface area contributed by atoms with E-state index < -0.39 is 5.60 Å². The minimum Gasteiger partial charge on any atom is -0.508 e. The molecule has 0 unspecified atom stereocenters. The molecule has 3 aromatic carbocycles. The van der Waals surface area contributed by atoms with E-state index in [4.69, 9.17) is 9.47 Å². The van der Waals surface area contributed by atoms with E-state index in [0.717, 1.165) is 46.5 Å². The highest BCUT2D eigenvalue weighted by atomic mass is 32.2. The maximum atomic E-state index is 10.1. The van der Waals surface area contributed by atoms with Crippen LogP contribution in [0, 0.1) is 5.92 Å². The van der Waals surface area contributed by atoms with Crippen LogP contribution in [0.25, 0.3) is 0 Å². The molecule has 5 nitrogen and oxygen atoms in total. The van der Waals surface area contributed by atoms with Gasteiger partial charge >= 0.3 is 0 Å². The van der Waals surface area contributed by atoms with Crippen LogP contribution >= 0.6 is 11.8 Å². The molecule has 1 fully saturated rings. The van der Waals surface area contributed by atoms with Gasteiger partial charge in [-0.1, -0.05) is 31.2 Å². The van der Waals surface area contributed by atoms with Crippen LogP contribution in [-0.2, 0) is 5.60 Å². The molecule has 184 valence electrons. The highest BCUT2D eigenvalue weighted by Crippen LogP contribution is 2.57. The Morgan fingerprint density at radius 1 is 1.03 bits per heavy atom. The highest BCUT2D eigenvalue weighted by molar-refractivity contribution is 7.99. The zero-order chi connectivity index (χ0) is 24.6. The SMILES string of the molecule is C[C@H]1CCN(CCOc2ccc([C@@]3(C)Oc4ccc(O)cc4S[C@@H]3c3cccc(O)c3)cc2)[C@H]1C. The second-order valence-electron chi connectivity index (χ2n) is 9.85. The number of hydrogen-bond acceptors (Lipinski definition) is 6. The van der Waals surface area contributed by atoms with Crippen LogP contribution in [0.2, 0.25) is 0 Å². The Labute approximate surface area is 211 Å². The standard InChI is InChI=1S/C29H33NO4S/c1-19-13-14-30(20(19)2)15-16-33-25-10-7-22(8-11-25)29(3)28(21-5-4-6-23(31)17-21)35-27-18-24(32)9-12-26(27)34-29/h4-12,17-20,28,31-32H,13-16H2,1-3H3/t19-,20-,28+,29+/m0/s1. The maximum Gasteiger partial charge on any atom is 0.147 e. The summed E-state index contributed by atoms with van der Waals surface area (Å²) in [4.78, 5) is 3.38. The van der Waals surface area contributed by atoms with Crippen LogP contribution in [0.15, 0.2) is 71.6 Å². The number of likely N-dealkylation sites (tertiary alicyclic amines) is 1. The van der Waals surface area contributed by atoms with Crippen LogP contribution in [0.5, 0.6) is 23.0 Å². The number of phenolic OH excluding ortho intramolecular Hbond substituents is 2. The normalized spacial score (nSPS) is 26.2. The van der Waals surface area contributed by atoms with Crippen molar-refractivity contribution >= 4 is 11.8 Å². The van der Waals surface area contributed by atoms with Crippen molar-refractivity contribution in [3.8, 4) is 23.0 Å². The van der Waals surface area contributed by atoms with Crippen molar-refractivity contribution in [3.63, 3.8) is 0 Å². The molecule has 3 aromatic rings. The minimum absolute atomic E-state index is 0.130. The lowest BCUT2D eigenvalue weighted by molar-refractivity contribution is 0.0745. The number of nitrogens with zero attached hydrogens (tertiary/aromatic N) is 1. The molecule has 2 aliphatic heterocycles. The van der Waals surface area contributed by atoms with E-state index in [1.165, 1.54) is 6.42 Å². The van der Waals surface area contributed by atoms with E-state index in [-0.39, 0.29) is 16.7 Å². The van der Waals surface area contributed by atoms with Crippen molar-refractivity contribution in [1.29, 1.82) is 0 Å². The zero-order valence-electron chi connectivity index (χ0n) is 20.5. The van der Waals surface area contributed by atoms with Gasteiger partial charge in [0.05, 0.1) is 10.1 Å². The van der Waals surface area contributed by atoms with Crippen molar-refractivity contribution in [2.24, 2.45) is 5.92 Å². The number of hydrogen-bond donors (Lipinski definition) is 2. The Hall–Kier alpha value is -2.83. The third-order valence-electron chi connectivity index (χ3n) is 7.51. The largest absolute Gasteiger partial charge is 0.508 e. The highest BCUT2D eigenvalue weighted by Gasteiger charge is 2.44. The second kappa shape index (κ2) is 9.67. The minimum atomic E-state index is -0.692. The van der Waals surface area contributed by atoms with Crippen LogP contribution in [0.3, 0.4) is 0 Å². The summed E-state index contributed by atoms with van der Waals surface area (Å²) >= 11 is 1.63. The first kappa shape index (κ1) is 23.9. The number of rotatable bonds is 6. The molecule has 0 aliphatic carbocycles. The summed E-state index contributed by atoms with van der Waals surface area (Å²) in [5.74, 6) is 2.76. The number of thioether (sulfide) groups is 1. The van der Waals surface area contributed by atoms with E-state index in [0.29, 0.717) is 12.6 Å². The van der Waals surface area contributed by atoms with E-state index in [2.05, 4.69) is 37.8 Å². The van der Waals surface area contributed by atoms with Crippen molar-refractivity contribution in [1.82, 2.24) is 4.90 Å². The van der Waals surface area contributed by atoms with E-state index in [1.807, 2.05) is 30.3 Å². The number of ether oxygens (including phenoxy) is 2. The lowest BCUT2D eigenvalue weighted by Gasteiger charge is -2.42. The molecule has 0 radical (unpaired) electrons. The van der Waals surface area contributed by atoms with Gasteiger partial charge in [-0.15, -0.1) is 11.8 Å². The first-order chi connectivity index (χ1) is 16.8. The average Bonchev–Trinajstić information content (AvgIpc) is 3.16. The van der Waals surface area contributed by atoms with Gasteiger partial charge < -0.3 is 19.7 Å². The molecule has 0 saturated carbocycles. The molecule has 2 aliphatic rings. The molecule has 35 heavy (non-hydrogen) atoms. The Morgan fingerprint density at radius 2 is 1.80 bits per heavy atom. The van der Waals surface area contributed by atoms with Gasteiger partial charge in [0.15, 0.2) is 0 Å². The molecule has 5 rings (SSSR count). The number of aromatic hydroxyl groups is 2. The van der Waals surface area contributed by atoms with E-state index in [1.54, 1.807) is 36.0 Å². The molecule has 2 heterocycles. The Kier molecular flexibility index (Phi) is 6.60. The van der Waals surface area contributed by atoms with Crippen LogP contribution in [0.1, 0.15) is 43.6 Å². The zero-order valence-corrected chi connectivity index (χ0v) is 21.3. The van der Waals surface area contributed by atoms with Gasteiger partial charge in [-0.2, -0.15) is 0 Å². The van der Waals surface area contributed by atoms with Gasteiger partial charge in [0.2, 0.25) is 0 Å². The smallest absolute Gasteiger partial charge is 0.147 e. The van der Waals surface area contributed by atoms with E-state index in [9.17, 15) is 10.2 Å².